The van der Waals surface area contributed by atoms with E-state index in [0.29, 0.717) is 10.0 Å². The van der Waals surface area contributed by atoms with Gasteiger partial charge in [-0.1, -0.05) is 22.0 Å². The highest BCUT2D eigenvalue weighted by Gasteiger charge is 2.31. The van der Waals surface area contributed by atoms with Crippen LogP contribution in [0.3, 0.4) is 0 Å². The van der Waals surface area contributed by atoms with Gasteiger partial charge in [-0.3, -0.25) is 0 Å². The number of rotatable bonds is 1. The van der Waals surface area contributed by atoms with Crippen molar-refractivity contribution in [2.45, 2.75) is 25.6 Å². The van der Waals surface area contributed by atoms with Crippen LogP contribution in [0.1, 0.15) is 25.0 Å². The highest BCUT2D eigenvalue weighted by molar-refractivity contribution is 9.10. The molecular weight excluding hydrogens is 271 g/mol. The van der Waals surface area contributed by atoms with E-state index < -0.39 is 17.3 Å². The molecule has 0 bridgehead atoms. The number of hydrogen-bond acceptors (Lipinski definition) is 1. The molecule has 0 aromatic heterocycles. The molecule has 15 heavy (non-hydrogen) atoms. The number of nitrogens with two attached hydrogens (primary N) is 1. The van der Waals surface area contributed by atoms with Crippen LogP contribution in [0.5, 0.6) is 0 Å². The first-order chi connectivity index (χ1) is 6.62. The number of alkyl halides is 3. The molecule has 2 N–H and O–H groups in total. The Labute approximate surface area is 94.6 Å². The molecule has 0 amide bonds. The van der Waals surface area contributed by atoms with E-state index in [1.165, 1.54) is 6.07 Å². The number of halogens is 4. The molecule has 0 radical (unpaired) electrons. The average Bonchev–Trinajstić information content (AvgIpc) is 1.99. The minimum absolute atomic E-state index is 0.379. The summed E-state index contributed by atoms with van der Waals surface area (Å²) in [5.74, 6) is 0. The van der Waals surface area contributed by atoms with E-state index in [4.69, 9.17) is 5.73 Å². The summed E-state index contributed by atoms with van der Waals surface area (Å²) in [6, 6.07) is 3.48. The molecular formula is C10H11BrF3N. The van der Waals surface area contributed by atoms with Gasteiger partial charge in [0.1, 0.15) is 0 Å². The summed E-state index contributed by atoms with van der Waals surface area (Å²) >= 11 is 3.10. The van der Waals surface area contributed by atoms with Gasteiger partial charge in [0.15, 0.2) is 0 Å². The van der Waals surface area contributed by atoms with E-state index in [9.17, 15) is 13.2 Å². The van der Waals surface area contributed by atoms with Gasteiger partial charge >= 0.3 is 6.18 Å². The van der Waals surface area contributed by atoms with Gasteiger partial charge in [0.2, 0.25) is 0 Å². The Balaban J connectivity index is 3.21. The quantitative estimate of drug-likeness (QED) is 0.835. The summed E-state index contributed by atoms with van der Waals surface area (Å²) in [5, 5.41) is 0. The van der Waals surface area contributed by atoms with Gasteiger partial charge in [0.05, 0.1) is 5.56 Å². The normalized spacial score (nSPS) is 13.0. The molecule has 0 aliphatic heterocycles. The van der Waals surface area contributed by atoms with Crippen LogP contribution in [0.25, 0.3) is 0 Å². The maximum Gasteiger partial charge on any atom is 0.416 e. The third kappa shape index (κ3) is 2.95. The lowest BCUT2D eigenvalue weighted by molar-refractivity contribution is -0.137. The topological polar surface area (TPSA) is 26.0 Å². The lowest BCUT2D eigenvalue weighted by Crippen LogP contribution is -2.29. The van der Waals surface area contributed by atoms with Crippen molar-refractivity contribution in [1.29, 1.82) is 0 Å². The fourth-order valence-corrected chi connectivity index (χ4v) is 2.10. The summed E-state index contributed by atoms with van der Waals surface area (Å²) in [7, 11) is 0. The molecule has 0 saturated carbocycles. The molecule has 0 atom stereocenters. The maximum atomic E-state index is 12.3. The van der Waals surface area contributed by atoms with Crippen molar-refractivity contribution in [2.75, 3.05) is 0 Å². The van der Waals surface area contributed by atoms with Gasteiger partial charge in [-0.05, 0) is 31.5 Å². The molecule has 0 unspecified atom stereocenters. The third-order valence-corrected chi connectivity index (χ3v) is 2.65. The first-order valence-electron chi connectivity index (χ1n) is 4.28. The molecule has 0 aliphatic rings. The van der Waals surface area contributed by atoms with Gasteiger partial charge < -0.3 is 5.73 Å². The van der Waals surface area contributed by atoms with Crippen LogP contribution in [0.15, 0.2) is 22.7 Å². The van der Waals surface area contributed by atoms with Gasteiger partial charge in [0.25, 0.3) is 0 Å². The highest BCUT2D eigenvalue weighted by Crippen LogP contribution is 2.34. The lowest BCUT2D eigenvalue weighted by Gasteiger charge is -2.21. The summed E-state index contributed by atoms with van der Waals surface area (Å²) < 4.78 is 37.4. The molecule has 1 aromatic carbocycles. The Morgan fingerprint density at radius 2 is 1.73 bits per heavy atom. The monoisotopic (exact) mass is 281 g/mol. The third-order valence-electron chi connectivity index (χ3n) is 1.99. The van der Waals surface area contributed by atoms with E-state index in [-0.39, 0.29) is 0 Å². The predicted octanol–water partition coefficient (Wildman–Crippen LogP) is 3.66. The average molecular weight is 282 g/mol. The Morgan fingerprint density at radius 1 is 1.20 bits per heavy atom. The molecule has 0 fully saturated rings. The highest BCUT2D eigenvalue weighted by atomic mass is 79.9. The molecule has 1 rings (SSSR count). The predicted molar refractivity (Wildman–Crippen MR) is 56.4 cm³/mol. The van der Waals surface area contributed by atoms with Crippen molar-refractivity contribution in [1.82, 2.24) is 0 Å². The Hall–Kier alpha value is -0.550. The Morgan fingerprint density at radius 3 is 2.07 bits per heavy atom. The second kappa shape index (κ2) is 3.79. The molecule has 1 nitrogen and oxygen atoms in total. The number of benzene rings is 1. The van der Waals surface area contributed by atoms with Crippen LogP contribution in [0.2, 0.25) is 0 Å². The molecule has 0 spiro atoms. The number of hydrogen-bond donors (Lipinski definition) is 1. The summed E-state index contributed by atoms with van der Waals surface area (Å²) in [5.41, 5.74) is 5.11. The minimum atomic E-state index is -4.32. The van der Waals surface area contributed by atoms with Crippen LogP contribution in [-0.4, -0.2) is 0 Å². The second-order valence-electron chi connectivity index (χ2n) is 3.91. The standard InChI is InChI=1S/C10H11BrF3N/c1-9(2,15)7-4-3-6(5-8(7)11)10(12,13)14/h3-5H,15H2,1-2H3. The molecule has 5 heteroatoms. The van der Waals surface area contributed by atoms with Crippen molar-refractivity contribution in [2.24, 2.45) is 5.73 Å². The lowest BCUT2D eigenvalue weighted by atomic mass is 9.95. The van der Waals surface area contributed by atoms with E-state index >= 15 is 0 Å². The fraction of sp³-hybridized carbons (Fsp3) is 0.400. The van der Waals surface area contributed by atoms with Crippen molar-refractivity contribution in [3.63, 3.8) is 0 Å². The fourth-order valence-electron chi connectivity index (χ4n) is 1.21. The zero-order valence-electron chi connectivity index (χ0n) is 8.32. The largest absolute Gasteiger partial charge is 0.416 e. The molecule has 0 saturated heterocycles. The zero-order valence-corrected chi connectivity index (χ0v) is 9.91. The van der Waals surface area contributed by atoms with Crippen molar-refractivity contribution in [3.8, 4) is 0 Å². The Kier molecular flexibility index (Phi) is 3.16. The molecule has 0 heterocycles. The maximum absolute atomic E-state index is 12.3. The summed E-state index contributed by atoms with van der Waals surface area (Å²) in [4.78, 5) is 0. The first-order valence-corrected chi connectivity index (χ1v) is 5.08. The smallest absolute Gasteiger partial charge is 0.322 e. The minimum Gasteiger partial charge on any atom is -0.322 e. The van der Waals surface area contributed by atoms with E-state index in [0.717, 1.165) is 12.1 Å². The first kappa shape index (κ1) is 12.5. The van der Waals surface area contributed by atoms with E-state index in [2.05, 4.69) is 15.9 Å². The second-order valence-corrected chi connectivity index (χ2v) is 4.77. The van der Waals surface area contributed by atoms with Crippen LogP contribution >= 0.6 is 15.9 Å². The van der Waals surface area contributed by atoms with Crippen LogP contribution in [0.4, 0.5) is 13.2 Å². The van der Waals surface area contributed by atoms with Crippen molar-refractivity contribution in [3.05, 3.63) is 33.8 Å². The summed E-state index contributed by atoms with van der Waals surface area (Å²) in [6.07, 6.45) is -4.32. The van der Waals surface area contributed by atoms with E-state index in [1.807, 2.05) is 0 Å². The van der Waals surface area contributed by atoms with Gasteiger partial charge in [-0.25, -0.2) is 0 Å². The summed E-state index contributed by atoms with van der Waals surface area (Å²) in [6.45, 7) is 3.47. The molecule has 1 aromatic rings. The van der Waals surface area contributed by atoms with Crippen LogP contribution < -0.4 is 5.73 Å². The van der Waals surface area contributed by atoms with Gasteiger partial charge in [-0.2, -0.15) is 13.2 Å². The molecule has 84 valence electrons. The SMILES string of the molecule is CC(C)(N)c1ccc(C(F)(F)F)cc1Br. The van der Waals surface area contributed by atoms with Crippen LogP contribution in [0, 0.1) is 0 Å². The molecule has 0 aliphatic carbocycles. The van der Waals surface area contributed by atoms with Crippen molar-refractivity contribution < 1.29 is 13.2 Å². The van der Waals surface area contributed by atoms with Gasteiger partial charge in [-0.15, -0.1) is 0 Å². The zero-order chi connectivity index (χ0) is 11.9. The van der Waals surface area contributed by atoms with Crippen molar-refractivity contribution >= 4 is 15.9 Å². The van der Waals surface area contributed by atoms with Crippen LogP contribution in [-0.2, 0) is 11.7 Å². The van der Waals surface area contributed by atoms with E-state index in [1.54, 1.807) is 13.8 Å². The van der Waals surface area contributed by atoms with Gasteiger partial charge in [0, 0.05) is 10.0 Å². The Bertz CT molecular complexity index is 366.